The van der Waals surface area contributed by atoms with Gasteiger partial charge in [0.05, 0.1) is 10.5 Å². The average Bonchev–Trinajstić information content (AvgIpc) is 2.69. The Bertz CT molecular complexity index is 519. The lowest BCUT2D eigenvalue weighted by Gasteiger charge is -2.20. The summed E-state index contributed by atoms with van der Waals surface area (Å²) in [5, 5.41) is 3.38. The van der Waals surface area contributed by atoms with Gasteiger partial charge in [-0.3, -0.25) is 0 Å². The minimum atomic E-state index is -3.02. The second kappa shape index (κ2) is 5.25. The van der Waals surface area contributed by atoms with E-state index in [1.165, 1.54) is 11.1 Å². The maximum Gasteiger partial charge on any atom is 0.156 e. The van der Waals surface area contributed by atoms with Crippen molar-refractivity contribution < 1.29 is 8.42 Å². The van der Waals surface area contributed by atoms with Gasteiger partial charge in [-0.1, -0.05) is 24.3 Å². The molecule has 0 spiro atoms. The van der Waals surface area contributed by atoms with Gasteiger partial charge in [-0.05, 0) is 44.7 Å². The zero-order chi connectivity index (χ0) is 14.1. The number of sulfone groups is 1. The molecule has 1 aliphatic rings. The molecule has 19 heavy (non-hydrogen) atoms. The minimum Gasteiger partial charge on any atom is -0.312 e. The van der Waals surface area contributed by atoms with Crippen LogP contribution in [0.3, 0.4) is 0 Å². The first-order chi connectivity index (χ1) is 8.79. The quantitative estimate of drug-likeness (QED) is 0.917. The smallest absolute Gasteiger partial charge is 0.156 e. The first kappa shape index (κ1) is 14.5. The van der Waals surface area contributed by atoms with Crippen LogP contribution in [-0.2, 0) is 22.7 Å². The maximum absolute atomic E-state index is 12.0. The van der Waals surface area contributed by atoms with Crippen molar-refractivity contribution in [1.29, 1.82) is 0 Å². The van der Waals surface area contributed by atoms with Crippen molar-refractivity contribution in [3.63, 3.8) is 0 Å². The Hall–Kier alpha value is -0.870. The van der Waals surface area contributed by atoms with Crippen molar-refractivity contribution in [2.75, 3.05) is 12.3 Å². The monoisotopic (exact) mass is 281 g/mol. The molecule has 0 saturated carbocycles. The molecule has 106 valence electrons. The highest BCUT2D eigenvalue weighted by atomic mass is 32.2. The van der Waals surface area contributed by atoms with Crippen LogP contribution in [0.4, 0.5) is 0 Å². The lowest BCUT2D eigenvalue weighted by Crippen LogP contribution is -2.38. The summed E-state index contributed by atoms with van der Waals surface area (Å²) >= 11 is 0. The standard InChI is InChI=1S/C15H23NO2S/c1-15(2,3)19(17,18)9-8-16-14-10-12-6-4-5-7-13(12)11-14/h4-7,14,16H,8-11H2,1-3H3. The molecule has 1 N–H and O–H groups in total. The van der Waals surface area contributed by atoms with E-state index >= 15 is 0 Å². The summed E-state index contributed by atoms with van der Waals surface area (Å²) in [4.78, 5) is 0. The summed E-state index contributed by atoms with van der Waals surface area (Å²) in [6.45, 7) is 5.81. The highest BCUT2D eigenvalue weighted by molar-refractivity contribution is 7.92. The summed E-state index contributed by atoms with van der Waals surface area (Å²) in [5.74, 6) is 0.212. The minimum absolute atomic E-state index is 0.212. The molecular formula is C15H23NO2S. The van der Waals surface area contributed by atoms with E-state index in [9.17, 15) is 8.42 Å². The van der Waals surface area contributed by atoms with Crippen LogP contribution in [-0.4, -0.2) is 31.5 Å². The third-order valence-electron chi connectivity index (χ3n) is 3.79. The predicted molar refractivity (Wildman–Crippen MR) is 79.2 cm³/mol. The third-order valence-corrected chi connectivity index (χ3v) is 6.40. The molecule has 0 amide bonds. The molecule has 1 aromatic carbocycles. The van der Waals surface area contributed by atoms with Crippen molar-refractivity contribution in [2.45, 2.75) is 44.4 Å². The zero-order valence-corrected chi connectivity index (χ0v) is 12.8. The number of hydrogen-bond acceptors (Lipinski definition) is 3. The molecule has 4 heteroatoms. The van der Waals surface area contributed by atoms with Gasteiger partial charge in [-0.25, -0.2) is 8.42 Å². The van der Waals surface area contributed by atoms with Crippen LogP contribution in [0.2, 0.25) is 0 Å². The van der Waals surface area contributed by atoms with Gasteiger partial charge in [0.2, 0.25) is 0 Å². The van der Waals surface area contributed by atoms with Crippen LogP contribution in [0.1, 0.15) is 31.9 Å². The first-order valence-corrected chi connectivity index (χ1v) is 8.47. The Kier molecular flexibility index (Phi) is 4.02. The molecule has 1 aliphatic carbocycles. The lowest BCUT2D eigenvalue weighted by molar-refractivity contribution is 0.532. The van der Waals surface area contributed by atoms with Gasteiger partial charge in [-0.15, -0.1) is 0 Å². The van der Waals surface area contributed by atoms with E-state index in [1.54, 1.807) is 20.8 Å². The predicted octanol–water partition coefficient (Wildman–Crippen LogP) is 1.96. The molecule has 0 saturated heterocycles. The molecule has 1 aromatic rings. The fraction of sp³-hybridized carbons (Fsp3) is 0.600. The SMILES string of the molecule is CC(C)(C)S(=O)(=O)CCNC1Cc2ccccc2C1. The molecule has 2 rings (SSSR count). The number of fused-ring (bicyclic) bond motifs is 1. The van der Waals surface area contributed by atoms with Crippen LogP contribution < -0.4 is 5.32 Å². The maximum atomic E-state index is 12.0. The summed E-state index contributed by atoms with van der Waals surface area (Å²) in [6, 6.07) is 8.81. The van der Waals surface area contributed by atoms with Gasteiger partial charge in [0.1, 0.15) is 0 Å². The molecule has 0 unspecified atom stereocenters. The van der Waals surface area contributed by atoms with Crippen molar-refractivity contribution in [1.82, 2.24) is 5.32 Å². The number of hydrogen-bond donors (Lipinski definition) is 1. The zero-order valence-electron chi connectivity index (χ0n) is 11.9. The van der Waals surface area contributed by atoms with E-state index in [0.29, 0.717) is 12.6 Å². The van der Waals surface area contributed by atoms with Crippen LogP contribution in [0.15, 0.2) is 24.3 Å². The van der Waals surface area contributed by atoms with Crippen molar-refractivity contribution in [3.8, 4) is 0 Å². The summed E-state index contributed by atoms with van der Waals surface area (Å²) in [6.07, 6.45) is 2.01. The Labute approximate surface area is 116 Å². The number of nitrogens with one attached hydrogen (secondary N) is 1. The van der Waals surface area contributed by atoms with Crippen LogP contribution in [0, 0.1) is 0 Å². The summed E-state index contributed by atoms with van der Waals surface area (Å²) in [7, 11) is -3.02. The molecule has 0 atom stereocenters. The summed E-state index contributed by atoms with van der Waals surface area (Å²) < 4.78 is 23.3. The van der Waals surface area contributed by atoms with E-state index in [2.05, 4.69) is 29.6 Å². The van der Waals surface area contributed by atoms with E-state index in [4.69, 9.17) is 0 Å². The van der Waals surface area contributed by atoms with Gasteiger partial charge >= 0.3 is 0 Å². The lowest BCUT2D eigenvalue weighted by atomic mass is 10.1. The second-order valence-corrected chi connectivity index (χ2v) is 9.12. The van der Waals surface area contributed by atoms with E-state index in [-0.39, 0.29) is 5.75 Å². The van der Waals surface area contributed by atoms with E-state index in [0.717, 1.165) is 12.8 Å². The van der Waals surface area contributed by atoms with Crippen LogP contribution >= 0.6 is 0 Å². The van der Waals surface area contributed by atoms with E-state index < -0.39 is 14.6 Å². The fourth-order valence-corrected chi connectivity index (χ4v) is 3.41. The number of benzene rings is 1. The van der Waals surface area contributed by atoms with Crippen LogP contribution in [0.25, 0.3) is 0 Å². The molecule has 0 bridgehead atoms. The second-order valence-electron chi connectivity index (χ2n) is 6.26. The Morgan fingerprint density at radius 2 is 1.68 bits per heavy atom. The first-order valence-electron chi connectivity index (χ1n) is 6.82. The van der Waals surface area contributed by atoms with Crippen molar-refractivity contribution in [2.24, 2.45) is 0 Å². The Morgan fingerprint density at radius 3 is 2.16 bits per heavy atom. The molecule has 3 nitrogen and oxygen atoms in total. The normalized spacial score (nSPS) is 16.6. The highest BCUT2D eigenvalue weighted by Crippen LogP contribution is 2.21. The van der Waals surface area contributed by atoms with Gasteiger partial charge in [-0.2, -0.15) is 0 Å². The highest BCUT2D eigenvalue weighted by Gasteiger charge is 2.29. The van der Waals surface area contributed by atoms with Gasteiger partial charge in [0.25, 0.3) is 0 Å². The summed E-state index contributed by atoms with van der Waals surface area (Å²) in [5.41, 5.74) is 2.78. The van der Waals surface area contributed by atoms with Crippen LogP contribution in [0.5, 0.6) is 0 Å². The van der Waals surface area contributed by atoms with Crippen molar-refractivity contribution >= 4 is 9.84 Å². The number of rotatable bonds is 4. The Balaban J connectivity index is 1.84. The van der Waals surface area contributed by atoms with Gasteiger partial charge in [0.15, 0.2) is 9.84 Å². The molecule has 0 fully saturated rings. The fourth-order valence-electron chi connectivity index (χ4n) is 2.41. The van der Waals surface area contributed by atoms with E-state index in [1.807, 2.05) is 0 Å². The average molecular weight is 281 g/mol. The molecule has 0 radical (unpaired) electrons. The van der Waals surface area contributed by atoms with Gasteiger partial charge < -0.3 is 5.32 Å². The Morgan fingerprint density at radius 1 is 1.16 bits per heavy atom. The van der Waals surface area contributed by atoms with Gasteiger partial charge in [0, 0.05) is 12.6 Å². The molecule has 0 aromatic heterocycles. The molecule has 0 heterocycles. The topological polar surface area (TPSA) is 46.2 Å². The molecule has 0 aliphatic heterocycles. The largest absolute Gasteiger partial charge is 0.312 e. The third kappa shape index (κ3) is 3.37. The molecular weight excluding hydrogens is 258 g/mol. The van der Waals surface area contributed by atoms with Crippen molar-refractivity contribution in [3.05, 3.63) is 35.4 Å².